The van der Waals surface area contributed by atoms with Crippen molar-refractivity contribution in [2.45, 2.75) is 31.7 Å². The molecule has 1 aromatic heterocycles. The second kappa shape index (κ2) is 13.3. The molecular weight excluding hydrogens is 660 g/mol. The zero-order valence-electron chi connectivity index (χ0n) is 28.0. The lowest BCUT2D eigenvalue weighted by Gasteiger charge is -2.33. The Labute approximate surface area is 289 Å². The highest BCUT2D eigenvalue weighted by molar-refractivity contribution is 7.92. The van der Waals surface area contributed by atoms with Crippen LogP contribution < -0.4 is 19.7 Å². The Bertz CT molecular complexity index is 2290. The van der Waals surface area contributed by atoms with E-state index >= 15 is 0 Å². The number of benzene rings is 4. The van der Waals surface area contributed by atoms with Gasteiger partial charge in [-0.05, 0) is 91.1 Å². The minimum Gasteiger partial charge on any atom is -0.497 e. The maximum atomic E-state index is 13.8. The summed E-state index contributed by atoms with van der Waals surface area (Å²) in [5.41, 5.74) is 3.22. The highest BCUT2D eigenvalue weighted by atomic mass is 32.2. The summed E-state index contributed by atoms with van der Waals surface area (Å²) < 4.78 is 52.6. The van der Waals surface area contributed by atoms with Gasteiger partial charge in [-0.2, -0.15) is 5.26 Å². The number of amides is 2. The van der Waals surface area contributed by atoms with Gasteiger partial charge in [-0.25, -0.2) is 12.8 Å². The molecule has 0 saturated carbocycles. The number of ether oxygens (including phenoxy) is 1. The zero-order chi connectivity index (χ0) is 35.8. The van der Waals surface area contributed by atoms with E-state index in [9.17, 15) is 27.7 Å². The van der Waals surface area contributed by atoms with Crippen LogP contribution in [-0.2, 0) is 22.9 Å². The first kappa shape index (κ1) is 34.2. The monoisotopic (exact) mass is 694 g/mol. The minimum atomic E-state index is -3.79. The van der Waals surface area contributed by atoms with Crippen molar-refractivity contribution in [3.63, 3.8) is 0 Å². The molecule has 10 nitrogen and oxygen atoms in total. The van der Waals surface area contributed by atoms with Crippen LogP contribution in [0.3, 0.4) is 0 Å². The fourth-order valence-electron chi connectivity index (χ4n) is 6.55. The van der Waals surface area contributed by atoms with Gasteiger partial charge < -0.3 is 19.8 Å². The molecule has 0 radical (unpaired) electrons. The molecule has 0 fully saturated rings. The number of carbonyl (C=O) groups is 2. The molecule has 1 aliphatic carbocycles. The van der Waals surface area contributed by atoms with E-state index < -0.39 is 33.2 Å². The number of hydrogen-bond acceptors (Lipinski definition) is 7. The second-order valence-corrected chi connectivity index (χ2v) is 14.1. The summed E-state index contributed by atoms with van der Waals surface area (Å²) in [4.78, 5) is 27.1. The first-order chi connectivity index (χ1) is 23.9. The van der Waals surface area contributed by atoms with Gasteiger partial charge in [-0.15, -0.1) is 0 Å². The number of hydrogen-bond donors (Lipinski definition) is 2. The standard InChI is InChI=1S/C38H35FN4O6S/c1-5-43(50(4,46)47)32-20-33-31(34(37(45)41-2)35(49-33)23-9-12-28(39)13-10-23)19-30(32)25-7-6-8-26(17-25)36(44)42-38(22-40)16-15-24-18-29(48-3)14-11-27(24)21-38/h6-14,17-20H,5,15-16,21H2,1-4H3,(H,41,45)(H,42,44)/t38-/m1/s1. The number of nitrogens with one attached hydrogen (secondary N) is 2. The molecular formula is C38H35FN4O6S. The lowest BCUT2D eigenvalue weighted by atomic mass is 9.78. The third-order valence-electron chi connectivity index (χ3n) is 9.05. The third-order valence-corrected chi connectivity index (χ3v) is 10.3. The Morgan fingerprint density at radius 3 is 2.44 bits per heavy atom. The zero-order valence-corrected chi connectivity index (χ0v) is 28.8. The van der Waals surface area contributed by atoms with Crippen molar-refractivity contribution in [2.75, 3.05) is 31.3 Å². The Kier molecular flexibility index (Phi) is 9.12. The van der Waals surface area contributed by atoms with E-state index in [-0.39, 0.29) is 34.7 Å². The topological polar surface area (TPSA) is 142 Å². The predicted molar refractivity (Wildman–Crippen MR) is 189 cm³/mol. The lowest BCUT2D eigenvalue weighted by molar-refractivity contribution is 0.0912. The molecule has 5 aromatic rings. The van der Waals surface area contributed by atoms with Gasteiger partial charge >= 0.3 is 0 Å². The minimum absolute atomic E-state index is 0.0867. The van der Waals surface area contributed by atoms with E-state index in [1.165, 1.54) is 35.6 Å². The van der Waals surface area contributed by atoms with Gasteiger partial charge in [-0.1, -0.05) is 18.2 Å². The van der Waals surface area contributed by atoms with E-state index in [4.69, 9.17) is 9.15 Å². The van der Waals surface area contributed by atoms with E-state index in [0.717, 1.165) is 23.1 Å². The lowest BCUT2D eigenvalue weighted by Crippen LogP contribution is -2.51. The number of sulfonamides is 1. The van der Waals surface area contributed by atoms with Crippen LogP contribution >= 0.6 is 0 Å². The molecule has 0 spiro atoms. The van der Waals surface area contributed by atoms with Gasteiger partial charge in [0.15, 0.2) is 0 Å². The van der Waals surface area contributed by atoms with Crippen molar-refractivity contribution < 1.29 is 31.6 Å². The van der Waals surface area contributed by atoms with Crippen LogP contribution in [0.1, 0.15) is 45.2 Å². The molecule has 4 aromatic carbocycles. The molecule has 0 bridgehead atoms. The SMILES string of the molecule is CCN(c1cc2oc(-c3ccc(F)cc3)c(C(=O)NC)c2cc1-c1cccc(C(=O)N[C@]2(C#N)CCc3cc(OC)ccc3C2)c1)S(C)(=O)=O. The summed E-state index contributed by atoms with van der Waals surface area (Å²) in [6.07, 6.45) is 2.42. The maximum Gasteiger partial charge on any atom is 0.255 e. The summed E-state index contributed by atoms with van der Waals surface area (Å²) in [5, 5.41) is 16.3. The molecule has 2 amide bonds. The van der Waals surface area contributed by atoms with Crippen LogP contribution in [0.15, 0.2) is 83.3 Å². The Hall–Kier alpha value is -5.67. The Balaban J connectivity index is 1.46. The average Bonchev–Trinajstić information content (AvgIpc) is 3.49. The van der Waals surface area contributed by atoms with Gasteiger partial charge in [0.25, 0.3) is 11.8 Å². The Morgan fingerprint density at radius 1 is 1.02 bits per heavy atom. The van der Waals surface area contributed by atoms with Gasteiger partial charge in [0, 0.05) is 48.2 Å². The fourth-order valence-corrected chi connectivity index (χ4v) is 7.53. The van der Waals surface area contributed by atoms with E-state index in [1.807, 2.05) is 18.2 Å². The number of fused-ring (bicyclic) bond motifs is 2. The van der Waals surface area contributed by atoms with Crippen molar-refractivity contribution in [1.82, 2.24) is 10.6 Å². The van der Waals surface area contributed by atoms with Crippen molar-refractivity contribution in [3.8, 4) is 34.3 Å². The maximum absolute atomic E-state index is 13.8. The number of halogens is 1. The van der Waals surface area contributed by atoms with Gasteiger partial charge in [-0.3, -0.25) is 13.9 Å². The van der Waals surface area contributed by atoms with Crippen LogP contribution in [0.4, 0.5) is 10.1 Å². The number of anilines is 1. The highest BCUT2D eigenvalue weighted by Crippen LogP contribution is 2.42. The van der Waals surface area contributed by atoms with Crippen molar-refractivity contribution in [1.29, 1.82) is 5.26 Å². The summed E-state index contributed by atoms with van der Waals surface area (Å²) in [7, 11) is -0.711. The summed E-state index contributed by atoms with van der Waals surface area (Å²) in [6.45, 7) is 1.78. The summed E-state index contributed by atoms with van der Waals surface area (Å²) in [5.74, 6) is -0.460. The van der Waals surface area contributed by atoms with Crippen molar-refractivity contribution in [3.05, 3.63) is 107 Å². The number of furan rings is 1. The van der Waals surface area contributed by atoms with Crippen molar-refractivity contribution >= 4 is 38.5 Å². The quantitative estimate of drug-likeness (QED) is 0.186. The van der Waals surface area contributed by atoms with E-state index in [1.54, 1.807) is 50.4 Å². The highest BCUT2D eigenvalue weighted by Gasteiger charge is 2.37. The first-order valence-corrected chi connectivity index (χ1v) is 17.8. The third kappa shape index (κ3) is 6.40. The number of nitrogens with zero attached hydrogens (tertiary/aromatic N) is 2. The van der Waals surface area contributed by atoms with E-state index in [0.29, 0.717) is 41.3 Å². The summed E-state index contributed by atoms with van der Waals surface area (Å²) in [6, 6.07) is 23.4. The van der Waals surface area contributed by atoms with Gasteiger partial charge in [0.1, 0.15) is 28.4 Å². The Morgan fingerprint density at radius 2 is 1.78 bits per heavy atom. The van der Waals surface area contributed by atoms with Crippen LogP contribution in [0.2, 0.25) is 0 Å². The van der Waals surface area contributed by atoms with Crippen LogP contribution in [0.5, 0.6) is 5.75 Å². The van der Waals surface area contributed by atoms with Crippen LogP contribution in [0, 0.1) is 17.1 Å². The van der Waals surface area contributed by atoms with Gasteiger partial charge in [0.05, 0.1) is 30.7 Å². The molecule has 1 heterocycles. The molecule has 0 aliphatic heterocycles. The van der Waals surface area contributed by atoms with E-state index in [2.05, 4.69) is 16.7 Å². The molecule has 1 atom stereocenters. The number of carbonyl (C=O) groups excluding carboxylic acids is 2. The smallest absolute Gasteiger partial charge is 0.255 e. The molecule has 0 unspecified atom stereocenters. The molecule has 0 saturated heterocycles. The molecule has 50 heavy (non-hydrogen) atoms. The fraction of sp³-hybridized carbons (Fsp3) is 0.237. The molecule has 2 N–H and O–H groups in total. The predicted octanol–water partition coefficient (Wildman–Crippen LogP) is 6.24. The second-order valence-electron chi connectivity index (χ2n) is 12.2. The number of methoxy groups -OCH3 is 1. The first-order valence-electron chi connectivity index (χ1n) is 16.0. The number of nitriles is 1. The largest absolute Gasteiger partial charge is 0.497 e. The number of rotatable bonds is 9. The van der Waals surface area contributed by atoms with Crippen molar-refractivity contribution in [2.24, 2.45) is 0 Å². The summed E-state index contributed by atoms with van der Waals surface area (Å²) >= 11 is 0. The van der Waals surface area contributed by atoms with Crippen LogP contribution in [-0.4, -0.2) is 52.7 Å². The molecule has 6 rings (SSSR count). The average molecular weight is 695 g/mol. The van der Waals surface area contributed by atoms with Gasteiger partial charge in [0.2, 0.25) is 10.0 Å². The number of aryl methyl sites for hydroxylation is 1. The molecule has 1 aliphatic rings. The normalized spacial score (nSPS) is 15.5. The van der Waals surface area contributed by atoms with Crippen LogP contribution in [0.25, 0.3) is 33.4 Å². The molecule has 12 heteroatoms. The molecule has 256 valence electrons.